The van der Waals surface area contributed by atoms with E-state index >= 15 is 0 Å². The van der Waals surface area contributed by atoms with E-state index in [1.54, 1.807) is 28.9 Å². The van der Waals surface area contributed by atoms with Crippen LogP contribution in [0.1, 0.15) is 37.4 Å². The van der Waals surface area contributed by atoms with Gasteiger partial charge in [-0.1, -0.05) is 59.8 Å². The van der Waals surface area contributed by atoms with Crippen molar-refractivity contribution in [2.75, 3.05) is 5.32 Å². The van der Waals surface area contributed by atoms with E-state index in [0.717, 1.165) is 16.9 Å². The molecule has 1 aromatic heterocycles. The summed E-state index contributed by atoms with van der Waals surface area (Å²) in [5, 5.41) is 12.0. The van der Waals surface area contributed by atoms with E-state index in [9.17, 15) is 9.59 Å². The third-order valence-electron chi connectivity index (χ3n) is 5.91. The molecule has 0 unspecified atom stereocenters. The van der Waals surface area contributed by atoms with Crippen LogP contribution in [0.15, 0.2) is 84.9 Å². The van der Waals surface area contributed by atoms with Gasteiger partial charge in [-0.3, -0.25) is 9.59 Å². The van der Waals surface area contributed by atoms with Crippen molar-refractivity contribution < 1.29 is 9.59 Å². The van der Waals surface area contributed by atoms with Gasteiger partial charge >= 0.3 is 0 Å². The van der Waals surface area contributed by atoms with Crippen LogP contribution in [0, 0.1) is 6.92 Å². The number of aryl methyl sites for hydroxylation is 1. The fourth-order valence-corrected chi connectivity index (χ4v) is 4.40. The molecule has 0 spiro atoms. The molecule has 1 aliphatic carbocycles. The number of hydrogen-bond donors (Lipinski definition) is 1. The van der Waals surface area contributed by atoms with Crippen molar-refractivity contribution >= 4 is 34.0 Å². The summed E-state index contributed by atoms with van der Waals surface area (Å²) in [7, 11) is 0. The van der Waals surface area contributed by atoms with Crippen LogP contribution in [-0.4, -0.2) is 26.6 Å². The molecule has 6 rings (SSSR count). The minimum Gasteiger partial charge on any atom is -0.355 e. The van der Waals surface area contributed by atoms with Crippen LogP contribution in [0.4, 0.5) is 11.4 Å². The van der Waals surface area contributed by atoms with Crippen LogP contribution >= 0.6 is 0 Å². The second kappa shape index (κ2) is 7.24. The molecule has 4 aromatic carbocycles. The van der Waals surface area contributed by atoms with E-state index in [2.05, 4.69) is 15.6 Å². The van der Waals surface area contributed by atoms with Gasteiger partial charge in [0.05, 0.1) is 28.0 Å². The van der Waals surface area contributed by atoms with E-state index in [0.29, 0.717) is 33.4 Å². The summed E-state index contributed by atoms with van der Waals surface area (Å²) in [6, 6.07) is 26.2. The molecule has 0 bridgehead atoms. The van der Waals surface area contributed by atoms with Crippen molar-refractivity contribution in [2.24, 2.45) is 0 Å². The first-order chi connectivity index (χ1) is 16.1. The first kappa shape index (κ1) is 19.1. The summed E-state index contributed by atoms with van der Waals surface area (Å²) in [6.07, 6.45) is 0. The molecular weight excluding hydrogens is 412 g/mol. The highest BCUT2D eigenvalue weighted by Gasteiger charge is 2.35. The molecule has 1 aliphatic rings. The summed E-state index contributed by atoms with van der Waals surface area (Å²) in [5.41, 5.74) is 5.74. The normalized spacial score (nSPS) is 12.5. The maximum atomic E-state index is 13.6. The van der Waals surface area contributed by atoms with Crippen molar-refractivity contribution in [3.8, 4) is 5.69 Å². The molecule has 1 heterocycles. The zero-order valence-electron chi connectivity index (χ0n) is 17.7. The van der Waals surface area contributed by atoms with Gasteiger partial charge in [0.2, 0.25) is 0 Å². The van der Waals surface area contributed by atoms with Gasteiger partial charge in [-0.25, -0.2) is 4.68 Å². The van der Waals surface area contributed by atoms with E-state index in [1.807, 2.05) is 67.6 Å². The molecule has 6 nitrogen and oxygen atoms in total. The molecule has 158 valence electrons. The summed E-state index contributed by atoms with van der Waals surface area (Å²) in [4.78, 5) is 27.2. The minimum absolute atomic E-state index is 0.202. The van der Waals surface area contributed by atoms with Gasteiger partial charge in [0.25, 0.3) is 0 Å². The van der Waals surface area contributed by atoms with Crippen molar-refractivity contribution in [3.63, 3.8) is 0 Å². The zero-order chi connectivity index (χ0) is 22.5. The Bertz CT molecular complexity index is 1590. The molecule has 0 saturated heterocycles. The van der Waals surface area contributed by atoms with E-state index in [-0.39, 0.29) is 17.1 Å². The lowest BCUT2D eigenvalue weighted by Gasteiger charge is -2.21. The summed E-state index contributed by atoms with van der Waals surface area (Å²) in [6.45, 7) is 2.00. The molecule has 0 fully saturated rings. The number of rotatable bonds is 3. The monoisotopic (exact) mass is 430 g/mol. The third-order valence-corrected chi connectivity index (χ3v) is 5.91. The largest absolute Gasteiger partial charge is 0.355 e. The molecule has 1 N–H and O–H groups in total. The molecule has 0 aliphatic heterocycles. The summed E-state index contributed by atoms with van der Waals surface area (Å²) in [5.74, 6) is -0.426. The molecule has 0 radical (unpaired) electrons. The van der Waals surface area contributed by atoms with Gasteiger partial charge in [-0.15, -0.1) is 5.10 Å². The lowest BCUT2D eigenvalue weighted by atomic mass is 9.82. The average molecular weight is 430 g/mol. The Morgan fingerprint density at radius 2 is 1.45 bits per heavy atom. The number of anilines is 2. The summed E-state index contributed by atoms with van der Waals surface area (Å²) < 4.78 is 1.69. The number of aromatic nitrogens is 3. The van der Waals surface area contributed by atoms with Crippen LogP contribution in [0.25, 0.3) is 16.7 Å². The molecule has 0 amide bonds. The highest BCUT2D eigenvalue weighted by molar-refractivity contribution is 6.33. The first-order valence-corrected chi connectivity index (χ1v) is 10.6. The fraction of sp³-hybridized carbons (Fsp3) is 0.0370. The number of hydrogen-bond acceptors (Lipinski definition) is 5. The Morgan fingerprint density at radius 3 is 2.18 bits per heavy atom. The molecule has 6 heteroatoms. The van der Waals surface area contributed by atoms with Gasteiger partial charge in [-0.2, -0.15) is 0 Å². The van der Waals surface area contributed by atoms with Gasteiger partial charge in [-0.05, 0) is 42.8 Å². The molecular formula is C27H18N4O2. The standard InChI is InChI=1S/C27H18N4O2/c1-16-8-7-9-17(14-16)28-21-15-22-25(29-30-31(22)18-10-3-2-4-11-18)24-23(21)26(32)19-12-5-6-13-20(19)27(24)33/h2-15,28H,1H3. The lowest BCUT2D eigenvalue weighted by molar-refractivity contribution is 0.0981. The zero-order valence-corrected chi connectivity index (χ0v) is 17.7. The number of ketones is 2. The highest BCUT2D eigenvalue weighted by Crippen LogP contribution is 2.38. The smallest absolute Gasteiger partial charge is 0.196 e. The van der Waals surface area contributed by atoms with Crippen LogP contribution in [0.2, 0.25) is 0 Å². The van der Waals surface area contributed by atoms with Gasteiger partial charge in [0.15, 0.2) is 11.6 Å². The maximum Gasteiger partial charge on any atom is 0.196 e. The third kappa shape index (κ3) is 2.96. The maximum absolute atomic E-state index is 13.6. The number of benzene rings is 4. The fourth-order valence-electron chi connectivity index (χ4n) is 4.40. The predicted octanol–water partition coefficient (Wildman–Crippen LogP) is 5.25. The second-order valence-corrected chi connectivity index (χ2v) is 8.08. The number of para-hydroxylation sites is 1. The SMILES string of the molecule is Cc1cccc(Nc2cc3c(nnn3-c3ccccc3)c3c2C(=O)c2ccccc2C3=O)c1. The van der Waals surface area contributed by atoms with Crippen molar-refractivity contribution in [2.45, 2.75) is 6.92 Å². The van der Waals surface area contributed by atoms with Gasteiger partial charge < -0.3 is 5.32 Å². The number of carbonyl (C=O) groups excluding carboxylic acids is 2. The van der Waals surface area contributed by atoms with Crippen molar-refractivity contribution in [1.29, 1.82) is 0 Å². The minimum atomic E-state index is -0.224. The number of nitrogens with one attached hydrogen (secondary N) is 1. The Labute approximate surface area is 189 Å². The van der Waals surface area contributed by atoms with Gasteiger partial charge in [0, 0.05) is 16.8 Å². The Morgan fingerprint density at radius 1 is 0.758 bits per heavy atom. The van der Waals surface area contributed by atoms with Crippen molar-refractivity contribution in [3.05, 3.63) is 113 Å². The second-order valence-electron chi connectivity index (χ2n) is 8.08. The van der Waals surface area contributed by atoms with E-state index in [4.69, 9.17) is 0 Å². The number of carbonyl (C=O) groups is 2. The Kier molecular flexibility index (Phi) is 4.20. The quantitative estimate of drug-likeness (QED) is 0.415. The molecule has 0 saturated carbocycles. The van der Waals surface area contributed by atoms with E-state index in [1.165, 1.54) is 0 Å². The molecule has 33 heavy (non-hydrogen) atoms. The van der Waals surface area contributed by atoms with Crippen molar-refractivity contribution in [1.82, 2.24) is 15.0 Å². The lowest BCUT2D eigenvalue weighted by Crippen LogP contribution is -2.22. The van der Waals surface area contributed by atoms with Crippen LogP contribution in [0.5, 0.6) is 0 Å². The van der Waals surface area contributed by atoms with Crippen LogP contribution < -0.4 is 5.32 Å². The Balaban J connectivity index is 1.66. The number of fused-ring (bicyclic) bond motifs is 4. The van der Waals surface area contributed by atoms with Crippen LogP contribution in [-0.2, 0) is 0 Å². The first-order valence-electron chi connectivity index (χ1n) is 10.6. The Hall–Kier alpha value is -4.58. The van der Waals surface area contributed by atoms with Crippen LogP contribution in [0.3, 0.4) is 0 Å². The summed E-state index contributed by atoms with van der Waals surface area (Å²) >= 11 is 0. The average Bonchev–Trinajstić information content (AvgIpc) is 3.26. The molecule has 0 atom stereocenters. The topological polar surface area (TPSA) is 76.9 Å². The highest BCUT2D eigenvalue weighted by atomic mass is 16.1. The molecule has 5 aromatic rings. The predicted molar refractivity (Wildman–Crippen MR) is 127 cm³/mol. The van der Waals surface area contributed by atoms with E-state index < -0.39 is 0 Å². The number of nitrogens with zero attached hydrogens (tertiary/aromatic N) is 3. The van der Waals surface area contributed by atoms with Gasteiger partial charge in [0.1, 0.15) is 5.52 Å².